The molecule has 27 heavy (non-hydrogen) atoms. The molecule has 1 atom stereocenters. The summed E-state index contributed by atoms with van der Waals surface area (Å²) in [4.78, 5) is 2.36. The van der Waals surface area contributed by atoms with E-state index >= 15 is 0 Å². The molecule has 1 heterocycles. The molecule has 1 N–H and O–H groups in total. The van der Waals surface area contributed by atoms with Crippen LogP contribution in [0.5, 0.6) is 5.75 Å². The molecule has 0 spiro atoms. The van der Waals surface area contributed by atoms with Crippen LogP contribution in [0.15, 0.2) is 54.6 Å². The number of hydrogen-bond acceptors (Lipinski definition) is 3. The Morgan fingerprint density at radius 2 is 1.56 bits per heavy atom. The van der Waals surface area contributed by atoms with Crippen LogP contribution in [0.1, 0.15) is 33.6 Å². The number of hydrogen-bond donors (Lipinski definition) is 1. The first kappa shape index (κ1) is 21.7. The van der Waals surface area contributed by atoms with Crippen molar-refractivity contribution in [2.75, 3.05) is 19.6 Å². The van der Waals surface area contributed by atoms with Gasteiger partial charge in [0, 0.05) is 6.54 Å². The number of benzene rings is 2. The third-order valence-electron chi connectivity index (χ3n) is 5.45. The monoisotopic (exact) mass is 389 g/mol. The Kier molecular flexibility index (Phi) is 7.72. The molecule has 1 fully saturated rings. The Hall–Kier alpha value is -1.55. The topological polar surface area (TPSA) is 32.7 Å². The summed E-state index contributed by atoms with van der Waals surface area (Å²) in [7, 11) is 0. The molecular weight excluding hydrogens is 358 g/mol. The lowest BCUT2D eigenvalue weighted by Crippen LogP contribution is -2.50. The van der Waals surface area contributed by atoms with Crippen LogP contribution < -0.4 is 4.74 Å². The smallest absolute Gasteiger partial charge is 0.130 e. The molecule has 148 valence electrons. The lowest BCUT2D eigenvalue weighted by atomic mass is 9.96. The highest BCUT2D eigenvalue weighted by molar-refractivity contribution is 5.85. The van der Waals surface area contributed by atoms with Gasteiger partial charge in [0.2, 0.25) is 0 Å². The summed E-state index contributed by atoms with van der Waals surface area (Å²) >= 11 is 0. The van der Waals surface area contributed by atoms with E-state index < -0.39 is 11.7 Å². The lowest BCUT2D eigenvalue weighted by molar-refractivity contribution is -0.0477. The molecule has 1 aliphatic heterocycles. The fourth-order valence-corrected chi connectivity index (χ4v) is 3.43. The van der Waals surface area contributed by atoms with Gasteiger partial charge in [-0.3, -0.25) is 0 Å². The summed E-state index contributed by atoms with van der Waals surface area (Å²) in [5.41, 5.74) is 1.73. The van der Waals surface area contributed by atoms with E-state index in [0.717, 1.165) is 24.8 Å². The lowest BCUT2D eigenvalue weighted by Gasteiger charge is -2.37. The highest BCUT2D eigenvalue weighted by Gasteiger charge is 2.32. The van der Waals surface area contributed by atoms with Crippen molar-refractivity contribution in [1.29, 1.82) is 0 Å². The predicted octanol–water partition coefficient (Wildman–Crippen LogP) is 5.03. The zero-order valence-corrected chi connectivity index (χ0v) is 17.4. The molecule has 2 aromatic rings. The molecule has 0 amide bonds. The fourth-order valence-electron chi connectivity index (χ4n) is 3.43. The van der Waals surface area contributed by atoms with E-state index in [1.54, 1.807) is 0 Å². The molecule has 0 aliphatic carbocycles. The molecule has 1 unspecified atom stereocenters. The molecule has 0 bridgehead atoms. The maximum atomic E-state index is 10.7. The van der Waals surface area contributed by atoms with Gasteiger partial charge in [0.15, 0.2) is 0 Å². The van der Waals surface area contributed by atoms with E-state index in [2.05, 4.69) is 36.1 Å². The Morgan fingerprint density at radius 3 is 2.15 bits per heavy atom. The summed E-state index contributed by atoms with van der Waals surface area (Å²) < 4.78 is 6.14. The summed E-state index contributed by atoms with van der Waals surface area (Å²) in [6.45, 7) is 9.05. The fraction of sp³-hybridized carbons (Fsp3) is 0.478. The quantitative estimate of drug-likeness (QED) is 0.752. The predicted molar refractivity (Wildman–Crippen MR) is 115 cm³/mol. The van der Waals surface area contributed by atoms with E-state index in [1.807, 2.05) is 44.2 Å². The zero-order chi connectivity index (χ0) is 18.6. The molecule has 1 aliphatic rings. The second kappa shape index (κ2) is 9.59. The van der Waals surface area contributed by atoms with E-state index in [4.69, 9.17) is 4.74 Å². The molecule has 0 saturated carbocycles. The van der Waals surface area contributed by atoms with Gasteiger partial charge in [0.05, 0.1) is 0 Å². The number of nitrogens with zero attached hydrogens (tertiary/aromatic N) is 1. The SMILES string of the molecule is CC1CCN(CC(O)C(C)(C)Oc2ccc(-c3ccccc3)cc2)CC1.Cl. The van der Waals surface area contributed by atoms with Crippen molar-refractivity contribution in [1.82, 2.24) is 4.90 Å². The first-order chi connectivity index (χ1) is 12.4. The normalized spacial score (nSPS) is 17.2. The number of rotatable bonds is 6. The van der Waals surface area contributed by atoms with Crippen molar-refractivity contribution >= 4 is 12.4 Å². The third kappa shape index (κ3) is 5.97. The first-order valence-corrected chi connectivity index (χ1v) is 9.69. The maximum Gasteiger partial charge on any atom is 0.130 e. The van der Waals surface area contributed by atoms with Crippen LogP contribution in [0, 0.1) is 5.92 Å². The molecule has 0 aromatic heterocycles. The third-order valence-corrected chi connectivity index (χ3v) is 5.45. The van der Waals surface area contributed by atoms with Crippen molar-refractivity contribution in [3.05, 3.63) is 54.6 Å². The second-order valence-electron chi connectivity index (χ2n) is 8.09. The number of piperidine rings is 1. The Bertz CT molecular complexity index is 679. The maximum absolute atomic E-state index is 10.7. The Labute approximate surface area is 169 Å². The van der Waals surface area contributed by atoms with Crippen LogP contribution in [0.3, 0.4) is 0 Å². The summed E-state index contributed by atoms with van der Waals surface area (Å²) in [5, 5.41) is 10.7. The molecule has 1 saturated heterocycles. The standard InChI is InChI=1S/C23H31NO2.ClH/c1-18-13-15-24(16-14-18)17-22(25)23(2,3)26-21-11-9-20(10-12-21)19-7-5-4-6-8-19;/h4-12,18,22,25H,13-17H2,1-3H3;1H. The highest BCUT2D eigenvalue weighted by atomic mass is 35.5. The summed E-state index contributed by atoms with van der Waals surface area (Å²) in [5.74, 6) is 1.59. The van der Waals surface area contributed by atoms with Crippen LogP contribution in [0.4, 0.5) is 0 Å². The molecule has 4 heteroatoms. The number of aliphatic hydroxyl groups is 1. The van der Waals surface area contributed by atoms with Crippen molar-refractivity contribution in [3.8, 4) is 16.9 Å². The van der Waals surface area contributed by atoms with Crippen molar-refractivity contribution in [2.45, 2.75) is 45.3 Å². The minimum absolute atomic E-state index is 0. The molecule has 2 aromatic carbocycles. The van der Waals surface area contributed by atoms with Gasteiger partial charge in [-0.15, -0.1) is 12.4 Å². The van der Waals surface area contributed by atoms with Gasteiger partial charge >= 0.3 is 0 Å². The van der Waals surface area contributed by atoms with Crippen LogP contribution in [-0.2, 0) is 0 Å². The summed E-state index contributed by atoms with van der Waals surface area (Å²) in [6, 6.07) is 18.4. The van der Waals surface area contributed by atoms with Gasteiger partial charge in [-0.2, -0.15) is 0 Å². The van der Waals surface area contributed by atoms with Gasteiger partial charge in [-0.25, -0.2) is 0 Å². The van der Waals surface area contributed by atoms with E-state index in [0.29, 0.717) is 6.54 Å². The first-order valence-electron chi connectivity index (χ1n) is 9.69. The number of halogens is 1. The van der Waals surface area contributed by atoms with E-state index in [1.165, 1.54) is 24.0 Å². The van der Waals surface area contributed by atoms with Gasteiger partial charge in [-0.1, -0.05) is 49.4 Å². The Morgan fingerprint density at radius 1 is 1.00 bits per heavy atom. The molecule has 3 rings (SSSR count). The van der Waals surface area contributed by atoms with E-state index in [9.17, 15) is 5.11 Å². The minimum atomic E-state index is -0.628. The van der Waals surface area contributed by atoms with Crippen molar-refractivity contribution < 1.29 is 9.84 Å². The van der Waals surface area contributed by atoms with Crippen LogP contribution >= 0.6 is 12.4 Å². The average molecular weight is 390 g/mol. The van der Waals surface area contributed by atoms with Crippen LogP contribution in [-0.4, -0.2) is 41.3 Å². The van der Waals surface area contributed by atoms with Gasteiger partial charge in [0.1, 0.15) is 17.5 Å². The summed E-state index contributed by atoms with van der Waals surface area (Å²) in [6.07, 6.45) is 1.91. The highest BCUT2D eigenvalue weighted by Crippen LogP contribution is 2.26. The molecule has 0 radical (unpaired) electrons. The van der Waals surface area contributed by atoms with Crippen LogP contribution in [0.2, 0.25) is 0 Å². The van der Waals surface area contributed by atoms with E-state index in [-0.39, 0.29) is 12.4 Å². The van der Waals surface area contributed by atoms with Gasteiger partial charge in [-0.05, 0) is 69.0 Å². The number of aliphatic hydroxyl groups excluding tert-OH is 1. The second-order valence-corrected chi connectivity index (χ2v) is 8.09. The largest absolute Gasteiger partial charge is 0.485 e. The van der Waals surface area contributed by atoms with Gasteiger partial charge < -0.3 is 14.7 Å². The molecular formula is C23H32ClNO2. The van der Waals surface area contributed by atoms with Crippen molar-refractivity contribution in [3.63, 3.8) is 0 Å². The van der Waals surface area contributed by atoms with Crippen LogP contribution in [0.25, 0.3) is 11.1 Å². The average Bonchev–Trinajstić information content (AvgIpc) is 2.64. The number of likely N-dealkylation sites (tertiary alicyclic amines) is 1. The van der Waals surface area contributed by atoms with Crippen molar-refractivity contribution in [2.24, 2.45) is 5.92 Å². The van der Waals surface area contributed by atoms with Gasteiger partial charge in [0.25, 0.3) is 0 Å². The Balaban J connectivity index is 0.00000261. The minimum Gasteiger partial charge on any atom is -0.485 e. The number of β-amino-alcohol motifs (C(OH)–C–C–N with tert-alkyl or cyclic N) is 1. The number of ether oxygens (including phenoxy) is 1. The zero-order valence-electron chi connectivity index (χ0n) is 16.6. The molecule has 3 nitrogen and oxygen atoms in total.